The normalized spacial score (nSPS) is 11.1. The molecule has 26 heavy (non-hydrogen) atoms. The molecule has 0 bridgehead atoms. The highest BCUT2D eigenvalue weighted by atomic mass is 32.1. The average molecular weight is 370 g/mol. The minimum Gasteiger partial charge on any atom is -0.339 e. The predicted molar refractivity (Wildman–Crippen MR) is 102 cm³/mol. The number of carbonyl (C=O) groups excluding carboxylic acids is 1. The molecule has 0 aliphatic carbocycles. The lowest BCUT2D eigenvalue weighted by atomic mass is 10.1. The zero-order valence-electron chi connectivity index (χ0n) is 15.4. The topological polar surface area (TPSA) is 80.9 Å². The molecule has 1 aromatic carbocycles. The molecule has 0 saturated heterocycles. The SMILES string of the molecule is Cc1ccc(-c2csc(NC(=O)CCc3nc(C(C)C)no3)n2)cc1C. The van der Waals surface area contributed by atoms with Gasteiger partial charge < -0.3 is 9.84 Å². The molecule has 1 N–H and O–H groups in total. The second-order valence-corrected chi connectivity index (χ2v) is 7.44. The molecule has 3 aromatic rings. The van der Waals surface area contributed by atoms with Crippen molar-refractivity contribution in [3.05, 3.63) is 46.4 Å². The van der Waals surface area contributed by atoms with Crippen LogP contribution in [0.4, 0.5) is 5.13 Å². The van der Waals surface area contributed by atoms with Crippen molar-refractivity contribution in [2.75, 3.05) is 5.32 Å². The summed E-state index contributed by atoms with van der Waals surface area (Å²) in [5.74, 6) is 1.24. The van der Waals surface area contributed by atoms with Gasteiger partial charge >= 0.3 is 0 Å². The Labute approximate surface area is 156 Å². The maximum Gasteiger partial charge on any atom is 0.227 e. The standard InChI is InChI=1S/C19H22N4O2S/c1-11(2)18-22-17(25-23-18)8-7-16(24)21-19-20-15(10-26-19)14-6-5-12(3)13(4)9-14/h5-6,9-11H,7-8H2,1-4H3,(H,20,21,24). The van der Waals surface area contributed by atoms with E-state index < -0.39 is 0 Å². The van der Waals surface area contributed by atoms with Crippen molar-refractivity contribution in [2.24, 2.45) is 0 Å². The van der Waals surface area contributed by atoms with E-state index in [0.29, 0.717) is 23.3 Å². The second-order valence-electron chi connectivity index (χ2n) is 6.59. The summed E-state index contributed by atoms with van der Waals surface area (Å²) in [6.07, 6.45) is 0.694. The number of benzene rings is 1. The molecule has 136 valence electrons. The Morgan fingerprint density at radius 3 is 2.73 bits per heavy atom. The van der Waals surface area contributed by atoms with E-state index in [1.165, 1.54) is 22.5 Å². The summed E-state index contributed by atoms with van der Waals surface area (Å²) < 4.78 is 5.16. The van der Waals surface area contributed by atoms with Gasteiger partial charge in [0.1, 0.15) is 0 Å². The van der Waals surface area contributed by atoms with Crippen molar-refractivity contribution >= 4 is 22.4 Å². The van der Waals surface area contributed by atoms with Crippen LogP contribution < -0.4 is 5.32 Å². The summed E-state index contributed by atoms with van der Waals surface area (Å²) in [5.41, 5.74) is 4.39. The molecule has 1 amide bonds. The van der Waals surface area contributed by atoms with Crippen LogP contribution in [0.1, 0.15) is 49.0 Å². The minimum absolute atomic E-state index is 0.115. The Morgan fingerprint density at radius 1 is 1.23 bits per heavy atom. The van der Waals surface area contributed by atoms with Crippen molar-refractivity contribution < 1.29 is 9.32 Å². The van der Waals surface area contributed by atoms with Crippen LogP contribution in [-0.2, 0) is 11.2 Å². The molecule has 0 fully saturated rings. The van der Waals surface area contributed by atoms with Crippen LogP contribution in [0.25, 0.3) is 11.3 Å². The Balaban J connectivity index is 1.57. The highest BCUT2D eigenvalue weighted by molar-refractivity contribution is 7.14. The first-order valence-corrected chi connectivity index (χ1v) is 9.46. The number of hydrogen-bond acceptors (Lipinski definition) is 6. The maximum atomic E-state index is 12.1. The van der Waals surface area contributed by atoms with Crippen LogP contribution in [0.15, 0.2) is 28.1 Å². The number of rotatable bonds is 6. The Morgan fingerprint density at radius 2 is 2.04 bits per heavy atom. The smallest absolute Gasteiger partial charge is 0.227 e. The summed E-state index contributed by atoms with van der Waals surface area (Å²) in [7, 11) is 0. The average Bonchev–Trinajstić information content (AvgIpc) is 3.25. The van der Waals surface area contributed by atoms with E-state index in [0.717, 1.165) is 11.3 Å². The van der Waals surface area contributed by atoms with Crippen LogP contribution in [0.3, 0.4) is 0 Å². The Kier molecular flexibility index (Phi) is 5.46. The van der Waals surface area contributed by atoms with Gasteiger partial charge in [0.05, 0.1) is 5.69 Å². The minimum atomic E-state index is -0.115. The fourth-order valence-electron chi connectivity index (χ4n) is 2.37. The number of nitrogens with one attached hydrogen (secondary N) is 1. The van der Waals surface area contributed by atoms with Crippen molar-refractivity contribution in [2.45, 2.75) is 46.5 Å². The van der Waals surface area contributed by atoms with Crippen LogP contribution in [0.2, 0.25) is 0 Å². The van der Waals surface area contributed by atoms with Crippen molar-refractivity contribution in [1.82, 2.24) is 15.1 Å². The summed E-state index contributed by atoms with van der Waals surface area (Å²) in [5, 5.41) is 9.28. The molecule has 0 aliphatic rings. The monoisotopic (exact) mass is 370 g/mol. The lowest BCUT2D eigenvalue weighted by molar-refractivity contribution is -0.116. The molecule has 0 aliphatic heterocycles. The van der Waals surface area contributed by atoms with Crippen molar-refractivity contribution in [1.29, 1.82) is 0 Å². The van der Waals surface area contributed by atoms with Gasteiger partial charge in [-0.15, -0.1) is 11.3 Å². The van der Waals surface area contributed by atoms with Gasteiger partial charge in [0.2, 0.25) is 11.8 Å². The highest BCUT2D eigenvalue weighted by Gasteiger charge is 2.13. The zero-order valence-corrected chi connectivity index (χ0v) is 16.2. The molecule has 6 nitrogen and oxygen atoms in total. The molecule has 0 unspecified atom stereocenters. The van der Waals surface area contributed by atoms with Crippen LogP contribution >= 0.6 is 11.3 Å². The molecule has 3 rings (SSSR count). The third-order valence-corrected chi connectivity index (χ3v) is 4.88. The second kappa shape index (κ2) is 7.78. The van der Waals surface area contributed by atoms with Gasteiger partial charge in [0.15, 0.2) is 11.0 Å². The number of amides is 1. The van der Waals surface area contributed by atoms with E-state index in [1.54, 1.807) is 0 Å². The van der Waals surface area contributed by atoms with Gasteiger partial charge in [-0.1, -0.05) is 31.1 Å². The zero-order chi connectivity index (χ0) is 18.7. The van der Waals surface area contributed by atoms with Crippen LogP contribution in [0.5, 0.6) is 0 Å². The first kappa shape index (κ1) is 18.3. The molecule has 7 heteroatoms. The Hall–Kier alpha value is -2.54. The van der Waals surface area contributed by atoms with Crippen LogP contribution in [0, 0.1) is 13.8 Å². The van der Waals surface area contributed by atoms with Crippen molar-refractivity contribution in [3.8, 4) is 11.3 Å². The third-order valence-electron chi connectivity index (χ3n) is 4.12. The summed E-state index contributed by atoms with van der Waals surface area (Å²) in [6.45, 7) is 8.16. The van der Waals surface area contributed by atoms with E-state index in [-0.39, 0.29) is 18.2 Å². The van der Waals surface area contributed by atoms with E-state index in [9.17, 15) is 4.79 Å². The van der Waals surface area contributed by atoms with E-state index >= 15 is 0 Å². The van der Waals surface area contributed by atoms with Gasteiger partial charge in [-0.3, -0.25) is 4.79 Å². The maximum absolute atomic E-state index is 12.1. The molecule has 0 spiro atoms. The number of hydrogen-bond donors (Lipinski definition) is 1. The van der Waals surface area contributed by atoms with Gasteiger partial charge in [0.25, 0.3) is 0 Å². The fourth-order valence-corrected chi connectivity index (χ4v) is 3.11. The number of aromatic nitrogens is 3. The first-order chi connectivity index (χ1) is 12.4. The van der Waals surface area contributed by atoms with Gasteiger partial charge in [-0.05, 0) is 31.0 Å². The quantitative estimate of drug-likeness (QED) is 0.691. The van der Waals surface area contributed by atoms with Crippen molar-refractivity contribution in [3.63, 3.8) is 0 Å². The number of thiazole rings is 1. The summed E-state index contributed by atoms with van der Waals surface area (Å²) >= 11 is 1.42. The largest absolute Gasteiger partial charge is 0.339 e. The van der Waals surface area contributed by atoms with E-state index in [1.807, 2.05) is 25.3 Å². The lowest BCUT2D eigenvalue weighted by Gasteiger charge is -2.02. The van der Waals surface area contributed by atoms with Gasteiger partial charge in [0, 0.05) is 29.7 Å². The number of nitrogens with zero attached hydrogens (tertiary/aromatic N) is 3. The number of carbonyl (C=O) groups is 1. The molecule has 0 radical (unpaired) electrons. The summed E-state index contributed by atoms with van der Waals surface area (Å²) in [4.78, 5) is 20.9. The molecular formula is C19H22N4O2S. The van der Waals surface area contributed by atoms with E-state index in [4.69, 9.17) is 4.52 Å². The fraction of sp³-hybridized carbons (Fsp3) is 0.368. The molecule has 2 aromatic heterocycles. The molecule has 0 atom stereocenters. The Bertz CT molecular complexity index is 914. The van der Waals surface area contributed by atoms with E-state index in [2.05, 4.69) is 46.4 Å². The molecule has 0 saturated carbocycles. The summed E-state index contributed by atoms with van der Waals surface area (Å²) in [6, 6.07) is 6.24. The molecule has 2 heterocycles. The lowest BCUT2D eigenvalue weighted by Crippen LogP contribution is -2.12. The van der Waals surface area contributed by atoms with Gasteiger partial charge in [-0.25, -0.2) is 4.98 Å². The highest BCUT2D eigenvalue weighted by Crippen LogP contribution is 2.26. The van der Waals surface area contributed by atoms with Crippen LogP contribution in [-0.4, -0.2) is 21.0 Å². The number of aryl methyl sites for hydroxylation is 3. The first-order valence-electron chi connectivity index (χ1n) is 8.58. The third kappa shape index (κ3) is 4.35. The predicted octanol–water partition coefficient (Wildman–Crippen LogP) is 4.50. The number of anilines is 1. The van der Waals surface area contributed by atoms with Gasteiger partial charge in [-0.2, -0.15) is 4.98 Å². The molecular weight excluding hydrogens is 348 g/mol.